The lowest BCUT2D eigenvalue weighted by atomic mass is 9.61. The summed E-state index contributed by atoms with van der Waals surface area (Å²) in [5.41, 5.74) is 4.93. The van der Waals surface area contributed by atoms with Gasteiger partial charge in [0.05, 0.1) is 12.6 Å². The molecule has 3 N–H and O–H groups in total. The molecule has 1 saturated carbocycles. The van der Waals surface area contributed by atoms with Crippen molar-refractivity contribution >= 4 is 11.7 Å². The van der Waals surface area contributed by atoms with Gasteiger partial charge in [-0.2, -0.15) is 0 Å². The van der Waals surface area contributed by atoms with Gasteiger partial charge in [-0.25, -0.2) is 0 Å². The number of amides is 1. The third kappa shape index (κ3) is 1.94. The first kappa shape index (κ1) is 13.1. The van der Waals surface area contributed by atoms with Gasteiger partial charge in [0.25, 0.3) is 0 Å². The van der Waals surface area contributed by atoms with Crippen LogP contribution in [0.1, 0.15) is 26.2 Å². The molecule has 2 fully saturated rings. The number of ether oxygens (including phenoxy) is 1. The minimum atomic E-state index is -0.800. The quantitative estimate of drug-likeness (QED) is 0.330. The molecule has 6 heteroatoms. The third-order valence-corrected chi connectivity index (χ3v) is 4.17. The molecule has 0 radical (unpaired) electrons. The minimum Gasteiger partial charge on any atom is -0.409 e. The molecule has 0 aromatic carbocycles. The van der Waals surface area contributed by atoms with E-state index in [1.54, 1.807) is 11.9 Å². The molecular weight excluding hydrogens is 234 g/mol. The van der Waals surface area contributed by atoms with Gasteiger partial charge in [0.1, 0.15) is 5.41 Å². The van der Waals surface area contributed by atoms with E-state index in [9.17, 15) is 4.79 Å². The van der Waals surface area contributed by atoms with E-state index in [1.165, 1.54) is 0 Å². The topological polar surface area (TPSA) is 88.2 Å². The molecule has 1 unspecified atom stereocenters. The average molecular weight is 255 g/mol. The fraction of sp³-hybridized carbons (Fsp3) is 0.833. The minimum absolute atomic E-state index is 0.0383. The van der Waals surface area contributed by atoms with Crippen LogP contribution < -0.4 is 5.73 Å². The van der Waals surface area contributed by atoms with E-state index in [-0.39, 0.29) is 17.8 Å². The highest BCUT2D eigenvalue weighted by Gasteiger charge is 2.54. The molecule has 0 aromatic heterocycles. The van der Waals surface area contributed by atoms with E-state index in [0.717, 1.165) is 6.42 Å². The van der Waals surface area contributed by atoms with E-state index >= 15 is 0 Å². The molecule has 1 aliphatic carbocycles. The van der Waals surface area contributed by atoms with E-state index < -0.39 is 5.41 Å². The maximum absolute atomic E-state index is 12.6. The maximum atomic E-state index is 12.6. The van der Waals surface area contributed by atoms with Crippen LogP contribution in [0.3, 0.4) is 0 Å². The summed E-state index contributed by atoms with van der Waals surface area (Å²) in [5, 5.41) is 11.9. The standard InChI is InChI=1S/C12H21N3O3/c1-8-5-12(6-8,10(13)14-17)11(16)15(2)9-3-4-18-7-9/h8-9,17H,3-7H2,1-2H3,(H2,13,14). The molecule has 2 aliphatic rings. The lowest BCUT2D eigenvalue weighted by Gasteiger charge is -2.46. The lowest BCUT2D eigenvalue weighted by Crippen LogP contribution is -2.58. The van der Waals surface area contributed by atoms with Gasteiger partial charge in [-0.05, 0) is 25.2 Å². The predicted octanol–water partition coefficient (Wildman–Crippen LogP) is 0.396. The van der Waals surface area contributed by atoms with Crippen molar-refractivity contribution in [2.75, 3.05) is 20.3 Å². The number of carbonyl (C=O) groups is 1. The summed E-state index contributed by atoms with van der Waals surface area (Å²) in [6, 6.07) is 0.108. The van der Waals surface area contributed by atoms with Gasteiger partial charge in [0.15, 0.2) is 5.84 Å². The van der Waals surface area contributed by atoms with E-state index in [4.69, 9.17) is 15.7 Å². The number of likely N-dealkylation sites (N-methyl/N-ethyl adjacent to an activating group) is 1. The van der Waals surface area contributed by atoms with Gasteiger partial charge in [-0.15, -0.1) is 0 Å². The van der Waals surface area contributed by atoms with Crippen LogP contribution >= 0.6 is 0 Å². The summed E-state index contributed by atoms with van der Waals surface area (Å²) in [6.45, 7) is 3.33. The molecule has 2 rings (SSSR count). The van der Waals surface area contributed by atoms with E-state index in [2.05, 4.69) is 12.1 Å². The van der Waals surface area contributed by atoms with E-state index in [0.29, 0.717) is 32.0 Å². The Bertz CT molecular complexity index is 358. The molecule has 18 heavy (non-hydrogen) atoms. The second-order valence-corrected chi connectivity index (χ2v) is 5.51. The van der Waals surface area contributed by atoms with Gasteiger partial charge >= 0.3 is 0 Å². The normalized spacial score (nSPS) is 36.2. The second kappa shape index (κ2) is 4.76. The molecule has 6 nitrogen and oxygen atoms in total. The summed E-state index contributed by atoms with van der Waals surface area (Å²) in [4.78, 5) is 14.3. The highest BCUT2D eigenvalue weighted by atomic mass is 16.5. The van der Waals surface area contributed by atoms with Crippen LogP contribution in [0.4, 0.5) is 0 Å². The molecule has 0 spiro atoms. The van der Waals surface area contributed by atoms with Crippen LogP contribution in [0, 0.1) is 11.3 Å². The smallest absolute Gasteiger partial charge is 0.236 e. The number of hydrogen-bond donors (Lipinski definition) is 2. The average Bonchev–Trinajstić information content (AvgIpc) is 2.85. The van der Waals surface area contributed by atoms with Crippen LogP contribution in [-0.2, 0) is 9.53 Å². The SMILES string of the molecule is CC1CC(C(=O)N(C)C2CCOC2)(C(N)=NO)C1. The highest BCUT2D eigenvalue weighted by Crippen LogP contribution is 2.47. The van der Waals surface area contributed by atoms with Gasteiger partial charge in [0.2, 0.25) is 5.91 Å². The summed E-state index contributed by atoms with van der Waals surface area (Å²) < 4.78 is 5.30. The molecule has 102 valence electrons. The Morgan fingerprint density at radius 3 is 2.67 bits per heavy atom. The van der Waals surface area contributed by atoms with Gasteiger partial charge < -0.3 is 20.6 Å². The van der Waals surface area contributed by atoms with Crippen molar-refractivity contribution in [3.63, 3.8) is 0 Å². The summed E-state index contributed by atoms with van der Waals surface area (Å²) in [7, 11) is 1.77. The van der Waals surface area contributed by atoms with Crippen LogP contribution in [0.2, 0.25) is 0 Å². The van der Waals surface area contributed by atoms with Crippen LogP contribution in [0.15, 0.2) is 5.16 Å². The van der Waals surface area contributed by atoms with Crippen molar-refractivity contribution < 1.29 is 14.7 Å². The Hall–Kier alpha value is -1.30. The molecule has 1 saturated heterocycles. The van der Waals surface area contributed by atoms with Crippen LogP contribution in [0.25, 0.3) is 0 Å². The summed E-state index contributed by atoms with van der Waals surface area (Å²) >= 11 is 0. The van der Waals surface area contributed by atoms with Crippen LogP contribution in [0.5, 0.6) is 0 Å². The fourth-order valence-corrected chi connectivity index (χ4v) is 3.05. The Morgan fingerprint density at radius 1 is 1.56 bits per heavy atom. The van der Waals surface area contributed by atoms with Crippen molar-refractivity contribution in [2.24, 2.45) is 22.2 Å². The first-order valence-corrected chi connectivity index (χ1v) is 6.34. The second-order valence-electron chi connectivity index (χ2n) is 5.51. The molecule has 0 bridgehead atoms. The van der Waals surface area contributed by atoms with Crippen molar-refractivity contribution in [3.05, 3.63) is 0 Å². The zero-order chi connectivity index (χ0) is 13.3. The van der Waals surface area contributed by atoms with Crippen LogP contribution in [-0.4, -0.2) is 48.2 Å². The Labute approximate surface area is 107 Å². The zero-order valence-corrected chi connectivity index (χ0v) is 10.9. The highest BCUT2D eigenvalue weighted by molar-refractivity contribution is 6.07. The third-order valence-electron chi connectivity index (χ3n) is 4.17. The maximum Gasteiger partial charge on any atom is 0.236 e. The molecule has 0 aromatic rings. The largest absolute Gasteiger partial charge is 0.409 e. The lowest BCUT2D eigenvalue weighted by molar-refractivity contribution is -0.145. The number of nitrogens with zero attached hydrogens (tertiary/aromatic N) is 2. The van der Waals surface area contributed by atoms with Crippen molar-refractivity contribution in [1.29, 1.82) is 0 Å². The Kier molecular flexibility index (Phi) is 3.47. The van der Waals surface area contributed by atoms with Gasteiger partial charge in [0, 0.05) is 13.7 Å². The molecule has 1 atom stereocenters. The molecular formula is C12H21N3O3. The van der Waals surface area contributed by atoms with E-state index in [1.807, 2.05) is 0 Å². The molecule has 1 amide bonds. The Balaban J connectivity index is 2.14. The van der Waals surface area contributed by atoms with Crippen molar-refractivity contribution in [1.82, 2.24) is 4.90 Å². The number of nitrogens with two attached hydrogens (primary N) is 1. The molecule has 1 aliphatic heterocycles. The van der Waals surface area contributed by atoms with Crippen molar-refractivity contribution in [3.8, 4) is 0 Å². The monoisotopic (exact) mass is 255 g/mol. The number of carbonyl (C=O) groups excluding carboxylic acids is 1. The van der Waals surface area contributed by atoms with Gasteiger partial charge in [-0.1, -0.05) is 12.1 Å². The number of hydrogen-bond acceptors (Lipinski definition) is 4. The Morgan fingerprint density at radius 2 is 2.22 bits per heavy atom. The number of rotatable bonds is 3. The molecule has 1 heterocycles. The van der Waals surface area contributed by atoms with Crippen molar-refractivity contribution in [2.45, 2.75) is 32.2 Å². The summed E-state index contributed by atoms with van der Waals surface area (Å²) in [6.07, 6.45) is 2.16. The first-order valence-electron chi connectivity index (χ1n) is 6.34. The predicted molar refractivity (Wildman–Crippen MR) is 66.2 cm³/mol. The number of amidine groups is 1. The zero-order valence-electron chi connectivity index (χ0n) is 10.9. The van der Waals surface area contributed by atoms with Gasteiger partial charge in [-0.3, -0.25) is 4.79 Å². The first-order chi connectivity index (χ1) is 8.51. The fourth-order valence-electron chi connectivity index (χ4n) is 3.05. The summed E-state index contributed by atoms with van der Waals surface area (Å²) in [5.74, 6) is 0.422. The number of oxime groups is 1.